The molecule has 0 spiro atoms. The van der Waals surface area contributed by atoms with E-state index in [1.54, 1.807) is 0 Å². The van der Waals surface area contributed by atoms with Gasteiger partial charge < -0.3 is 10.0 Å². The fraction of sp³-hybridized carbons (Fsp3) is 0.900. The molecule has 0 amide bonds. The van der Waals surface area contributed by atoms with Crippen molar-refractivity contribution < 1.29 is 9.90 Å². The maximum atomic E-state index is 10.4. The first-order valence-corrected chi connectivity index (χ1v) is 5.03. The molecule has 0 radical (unpaired) electrons. The molecule has 0 aromatic rings. The minimum atomic E-state index is -0.661. The number of hydrogen-bond donors (Lipinski definition) is 1. The van der Waals surface area contributed by atoms with E-state index in [1.165, 1.54) is 0 Å². The van der Waals surface area contributed by atoms with E-state index in [4.69, 9.17) is 5.11 Å². The highest BCUT2D eigenvalue weighted by molar-refractivity contribution is 5.66. The van der Waals surface area contributed by atoms with Gasteiger partial charge in [-0.05, 0) is 25.3 Å². The van der Waals surface area contributed by atoms with Crippen molar-refractivity contribution in [3.63, 3.8) is 0 Å². The van der Waals surface area contributed by atoms with Crippen LogP contribution in [0.15, 0.2) is 0 Å². The lowest BCUT2D eigenvalue weighted by molar-refractivity contribution is -0.137. The number of carbonyl (C=O) groups is 1. The third kappa shape index (κ3) is 2.99. The van der Waals surface area contributed by atoms with Crippen molar-refractivity contribution in [2.24, 2.45) is 11.8 Å². The number of carboxylic acid groups (broad SMARTS) is 1. The molecule has 1 rings (SSSR count). The predicted molar refractivity (Wildman–Crippen MR) is 51.6 cm³/mol. The average Bonchev–Trinajstić information content (AvgIpc) is 2.01. The van der Waals surface area contributed by atoms with Gasteiger partial charge >= 0.3 is 5.97 Å². The van der Waals surface area contributed by atoms with Gasteiger partial charge in [0.25, 0.3) is 0 Å². The van der Waals surface area contributed by atoms with E-state index >= 15 is 0 Å². The summed E-state index contributed by atoms with van der Waals surface area (Å²) < 4.78 is 0. The standard InChI is InChI=1S/C10H19NO2/c1-3-8(4-5-10(12)13)9-6-11(2)7-9/h8-9H,3-7H2,1-2H3,(H,12,13). The van der Waals surface area contributed by atoms with E-state index in [-0.39, 0.29) is 0 Å². The molecule has 1 N–H and O–H groups in total. The maximum Gasteiger partial charge on any atom is 0.303 e. The first kappa shape index (κ1) is 10.5. The molecule has 1 fully saturated rings. The van der Waals surface area contributed by atoms with Crippen molar-refractivity contribution in [3.05, 3.63) is 0 Å². The minimum Gasteiger partial charge on any atom is -0.481 e. The van der Waals surface area contributed by atoms with Crippen LogP contribution in [0.2, 0.25) is 0 Å². The van der Waals surface area contributed by atoms with Crippen molar-refractivity contribution in [1.82, 2.24) is 4.90 Å². The molecule has 0 saturated carbocycles. The first-order chi connectivity index (χ1) is 6.13. The van der Waals surface area contributed by atoms with Crippen LogP contribution in [-0.2, 0) is 4.79 Å². The number of nitrogens with zero attached hydrogens (tertiary/aromatic N) is 1. The fourth-order valence-corrected chi connectivity index (χ4v) is 2.13. The van der Waals surface area contributed by atoms with Crippen molar-refractivity contribution in [2.45, 2.75) is 26.2 Å². The Bertz CT molecular complexity index is 176. The molecule has 76 valence electrons. The molecule has 1 atom stereocenters. The van der Waals surface area contributed by atoms with Crippen LogP contribution in [0.25, 0.3) is 0 Å². The lowest BCUT2D eigenvalue weighted by Crippen LogP contribution is -2.47. The molecular formula is C10H19NO2. The lowest BCUT2D eigenvalue weighted by Gasteiger charge is -2.41. The number of carboxylic acids is 1. The van der Waals surface area contributed by atoms with Crippen LogP contribution >= 0.6 is 0 Å². The van der Waals surface area contributed by atoms with Gasteiger partial charge in [-0.2, -0.15) is 0 Å². The van der Waals surface area contributed by atoms with Crippen molar-refractivity contribution >= 4 is 5.97 Å². The molecule has 1 aliphatic rings. The van der Waals surface area contributed by atoms with Crippen molar-refractivity contribution in [3.8, 4) is 0 Å². The topological polar surface area (TPSA) is 40.5 Å². The smallest absolute Gasteiger partial charge is 0.303 e. The van der Waals surface area contributed by atoms with Crippen LogP contribution in [-0.4, -0.2) is 36.1 Å². The molecule has 1 aliphatic heterocycles. The summed E-state index contributed by atoms with van der Waals surface area (Å²) in [5.74, 6) is 0.702. The van der Waals surface area contributed by atoms with Crippen LogP contribution in [0.3, 0.4) is 0 Å². The highest BCUT2D eigenvalue weighted by Gasteiger charge is 2.29. The number of rotatable bonds is 5. The van der Waals surface area contributed by atoms with Crippen LogP contribution in [0, 0.1) is 11.8 Å². The molecular weight excluding hydrogens is 166 g/mol. The van der Waals surface area contributed by atoms with Gasteiger partial charge in [0.05, 0.1) is 0 Å². The fourth-order valence-electron chi connectivity index (χ4n) is 2.13. The van der Waals surface area contributed by atoms with E-state index in [1.807, 2.05) is 0 Å². The van der Waals surface area contributed by atoms with Crippen molar-refractivity contribution in [1.29, 1.82) is 0 Å². The minimum absolute atomic E-state index is 0.332. The van der Waals surface area contributed by atoms with Crippen LogP contribution in [0.5, 0.6) is 0 Å². The Morgan fingerprint density at radius 1 is 1.62 bits per heavy atom. The summed E-state index contributed by atoms with van der Waals surface area (Å²) in [6.45, 7) is 4.46. The second-order valence-corrected chi connectivity index (χ2v) is 4.08. The van der Waals surface area contributed by atoms with E-state index in [9.17, 15) is 4.79 Å². The molecule has 13 heavy (non-hydrogen) atoms. The zero-order valence-electron chi connectivity index (χ0n) is 8.49. The predicted octanol–water partition coefficient (Wildman–Crippen LogP) is 1.44. The number of likely N-dealkylation sites (tertiary alicyclic amines) is 1. The Hall–Kier alpha value is -0.570. The van der Waals surface area contributed by atoms with E-state index in [0.717, 1.165) is 31.8 Å². The summed E-state index contributed by atoms with van der Waals surface area (Å²) in [5, 5.41) is 8.57. The van der Waals surface area contributed by atoms with E-state index in [0.29, 0.717) is 12.3 Å². The molecule has 1 heterocycles. The van der Waals surface area contributed by atoms with Crippen molar-refractivity contribution in [2.75, 3.05) is 20.1 Å². The van der Waals surface area contributed by atoms with Crippen LogP contribution in [0.1, 0.15) is 26.2 Å². The zero-order valence-corrected chi connectivity index (χ0v) is 8.49. The SMILES string of the molecule is CCC(CCC(=O)O)C1CN(C)C1. The van der Waals surface area contributed by atoms with Crippen LogP contribution < -0.4 is 0 Å². The number of hydrogen-bond acceptors (Lipinski definition) is 2. The second kappa shape index (κ2) is 4.61. The van der Waals surface area contributed by atoms with Gasteiger partial charge in [0.2, 0.25) is 0 Å². The molecule has 3 heteroatoms. The first-order valence-electron chi connectivity index (χ1n) is 5.03. The molecule has 1 saturated heterocycles. The number of aliphatic carboxylic acids is 1. The summed E-state index contributed by atoms with van der Waals surface area (Å²) in [6.07, 6.45) is 2.30. The third-order valence-corrected chi connectivity index (χ3v) is 3.01. The zero-order chi connectivity index (χ0) is 9.84. The molecule has 1 unspecified atom stereocenters. The Labute approximate surface area is 79.7 Å². The van der Waals surface area contributed by atoms with E-state index < -0.39 is 5.97 Å². The lowest BCUT2D eigenvalue weighted by atomic mass is 9.81. The average molecular weight is 185 g/mol. The Kier molecular flexibility index (Phi) is 3.72. The molecule has 3 nitrogen and oxygen atoms in total. The maximum absolute atomic E-state index is 10.4. The molecule has 0 aliphatic carbocycles. The Morgan fingerprint density at radius 2 is 2.23 bits per heavy atom. The Morgan fingerprint density at radius 3 is 2.62 bits per heavy atom. The van der Waals surface area contributed by atoms with Gasteiger partial charge in [-0.3, -0.25) is 4.79 Å². The van der Waals surface area contributed by atoms with Gasteiger partial charge in [-0.1, -0.05) is 13.3 Å². The van der Waals surface area contributed by atoms with Gasteiger partial charge in [-0.15, -0.1) is 0 Å². The monoisotopic (exact) mass is 185 g/mol. The van der Waals surface area contributed by atoms with Gasteiger partial charge in [0, 0.05) is 19.5 Å². The highest BCUT2D eigenvalue weighted by atomic mass is 16.4. The third-order valence-electron chi connectivity index (χ3n) is 3.01. The van der Waals surface area contributed by atoms with Gasteiger partial charge in [0.15, 0.2) is 0 Å². The summed E-state index contributed by atoms with van der Waals surface area (Å²) in [7, 11) is 2.11. The molecule has 0 bridgehead atoms. The molecule has 0 aromatic carbocycles. The summed E-state index contributed by atoms with van der Waals surface area (Å²) in [6, 6.07) is 0. The summed E-state index contributed by atoms with van der Waals surface area (Å²) in [4.78, 5) is 12.7. The van der Waals surface area contributed by atoms with Gasteiger partial charge in [-0.25, -0.2) is 0 Å². The second-order valence-electron chi connectivity index (χ2n) is 4.08. The highest BCUT2D eigenvalue weighted by Crippen LogP contribution is 2.28. The largest absolute Gasteiger partial charge is 0.481 e. The van der Waals surface area contributed by atoms with E-state index in [2.05, 4.69) is 18.9 Å². The van der Waals surface area contributed by atoms with Crippen LogP contribution in [0.4, 0.5) is 0 Å². The Balaban J connectivity index is 2.23. The summed E-state index contributed by atoms with van der Waals surface area (Å²) >= 11 is 0. The quantitative estimate of drug-likeness (QED) is 0.704. The summed E-state index contributed by atoms with van der Waals surface area (Å²) in [5.41, 5.74) is 0. The van der Waals surface area contributed by atoms with Gasteiger partial charge in [0.1, 0.15) is 0 Å². The molecule has 0 aromatic heterocycles. The normalized spacial score (nSPS) is 21.1.